The Morgan fingerprint density at radius 3 is 3.05 bits per heavy atom. The summed E-state index contributed by atoms with van der Waals surface area (Å²) in [6.07, 6.45) is 2.58. The third-order valence-corrected chi connectivity index (χ3v) is 3.66. The van der Waals surface area contributed by atoms with Crippen molar-refractivity contribution in [2.24, 2.45) is 0 Å². The van der Waals surface area contributed by atoms with Crippen LogP contribution in [0.2, 0.25) is 5.15 Å². The number of fused-ring (bicyclic) bond motifs is 1. The molecule has 0 fully saturated rings. The van der Waals surface area contributed by atoms with Crippen LogP contribution in [0.4, 0.5) is 5.69 Å². The number of carbonyl (C=O) groups is 1. The number of rotatable bonds is 2. The van der Waals surface area contributed by atoms with Gasteiger partial charge in [-0.3, -0.25) is 4.79 Å². The van der Waals surface area contributed by atoms with Gasteiger partial charge in [0, 0.05) is 18.4 Å². The van der Waals surface area contributed by atoms with Crippen LogP contribution in [0.5, 0.6) is 0 Å². The molecule has 1 aliphatic heterocycles. The van der Waals surface area contributed by atoms with Gasteiger partial charge in [0.2, 0.25) is 0 Å². The van der Waals surface area contributed by atoms with Gasteiger partial charge in [-0.05, 0) is 48.4 Å². The number of benzene rings is 1. The predicted molar refractivity (Wildman–Crippen MR) is 79.1 cm³/mol. The second-order valence-corrected chi connectivity index (χ2v) is 5.06. The molecule has 0 spiro atoms. The van der Waals surface area contributed by atoms with Crippen LogP contribution < -0.4 is 10.6 Å². The van der Waals surface area contributed by atoms with Crippen LogP contribution in [0.15, 0.2) is 36.5 Å². The van der Waals surface area contributed by atoms with Gasteiger partial charge in [0.15, 0.2) is 0 Å². The van der Waals surface area contributed by atoms with Crippen LogP contribution in [-0.4, -0.2) is 17.4 Å². The first-order chi connectivity index (χ1) is 9.74. The third-order valence-electron chi connectivity index (χ3n) is 3.35. The fraction of sp³-hybridized carbons (Fsp3) is 0.200. The predicted octanol–water partition coefficient (Wildman–Crippen LogP) is 2.63. The lowest BCUT2D eigenvalue weighted by Crippen LogP contribution is -2.23. The van der Waals surface area contributed by atoms with Crippen molar-refractivity contribution in [2.75, 3.05) is 11.9 Å². The smallest absolute Gasteiger partial charge is 0.258 e. The minimum absolute atomic E-state index is 0.213. The summed E-state index contributed by atoms with van der Waals surface area (Å²) >= 11 is 5.92. The molecule has 2 aromatic rings. The Morgan fingerprint density at radius 2 is 2.20 bits per heavy atom. The van der Waals surface area contributed by atoms with E-state index in [1.54, 1.807) is 18.3 Å². The molecule has 0 aliphatic carbocycles. The Kier molecular flexibility index (Phi) is 3.67. The fourth-order valence-electron chi connectivity index (χ4n) is 2.31. The molecule has 0 saturated carbocycles. The molecule has 0 bridgehead atoms. The summed E-state index contributed by atoms with van der Waals surface area (Å²) in [7, 11) is 0. The highest BCUT2D eigenvalue weighted by Crippen LogP contribution is 2.20. The molecule has 0 unspecified atom stereocenters. The highest BCUT2D eigenvalue weighted by atomic mass is 35.5. The largest absolute Gasteiger partial charge is 0.322 e. The number of hydrogen-bond donors (Lipinski definition) is 2. The number of anilines is 1. The average molecular weight is 288 g/mol. The molecule has 0 radical (unpaired) electrons. The topological polar surface area (TPSA) is 54.0 Å². The summed E-state index contributed by atoms with van der Waals surface area (Å²) in [5.74, 6) is -0.244. The van der Waals surface area contributed by atoms with E-state index in [1.807, 2.05) is 12.1 Å². The Hall–Kier alpha value is -1.91. The van der Waals surface area contributed by atoms with E-state index >= 15 is 0 Å². The van der Waals surface area contributed by atoms with Gasteiger partial charge in [-0.25, -0.2) is 4.98 Å². The summed E-state index contributed by atoms with van der Waals surface area (Å²) in [4.78, 5) is 16.1. The minimum Gasteiger partial charge on any atom is -0.322 e. The molecule has 2 N–H and O–H groups in total. The first-order valence-electron chi connectivity index (χ1n) is 6.48. The second kappa shape index (κ2) is 5.61. The molecule has 1 aromatic heterocycles. The highest BCUT2D eigenvalue weighted by Gasteiger charge is 2.13. The molecule has 102 valence electrons. The van der Waals surface area contributed by atoms with Crippen molar-refractivity contribution in [2.45, 2.75) is 13.0 Å². The van der Waals surface area contributed by atoms with Gasteiger partial charge in [0.05, 0.1) is 5.56 Å². The zero-order chi connectivity index (χ0) is 13.9. The monoisotopic (exact) mass is 287 g/mol. The van der Waals surface area contributed by atoms with E-state index < -0.39 is 0 Å². The third kappa shape index (κ3) is 2.66. The van der Waals surface area contributed by atoms with Gasteiger partial charge in [0.25, 0.3) is 5.91 Å². The number of pyridine rings is 1. The van der Waals surface area contributed by atoms with E-state index in [-0.39, 0.29) is 11.1 Å². The minimum atomic E-state index is -0.244. The van der Waals surface area contributed by atoms with E-state index in [2.05, 4.69) is 21.7 Å². The lowest BCUT2D eigenvalue weighted by molar-refractivity contribution is 0.102. The van der Waals surface area contributed by atoms with Gasteiger partial charge < -0.3 is 10.6 Å². The first kappa shape index (κ1) is 13.1. The molecule has 2 heterocycles. The summed E-state index contributed by atoms with van der Waals surface area (Å²) < 4.78 is 0. The Morgan fingerprint density at radius 1 is 1.30 bits per heavy atom. The van der Waals surface area contributed by atoms with E-state index in [0.717, 1.165) is 25.2 Å². The van der Waals surface area contributed by atoms with Crippen LogP contribution in [0.3, 0.4) is 0 Å². The van der Waals surface area contributed by atoms with Crippen molar-refractivity contribution in [1.82, 2.24) is 10.3 Å². The molecular weight excluding hydrogens is 274 g/mol. The standard InChI is InChI=1S/C15H14ClN3O/c16-14-13(2-1-6-18-14)15(20)19-12-4-3-10-5-7-17-9-11(10)8-12/h1-4,6,8,17H,5,7,9H2,(H,19,20). The van der Waals surface area contributed by atoms with E-state index in [1.165, 1.54) is 11.1 Å². The summed E-state index contributed by atoms with van der Waals surface area (Å²) in [5, 5.41) is 6.39. The van der Waals surface area contributed by atoms with Crippen molar-refractivity contribution < 1.29 is 4.79 Å². The molecule has 0 atom stereocenters. The maximum Gasteiger partial charge on any atom is 0.258 e. The van der Waals surface area contributed by atoms with Crippen LogP contribution in [-0.2, 0) is 13.0 Å². The summed E-state index contributed by atoms with van der Waals surface area (Å²) in [5.41, 5.74) is 3.72. The maximum absolute atomic E-state index is 12.2. The van der Waals surface area contributed by atoms with Gasteiger partial charge in [-0.15, -0.1) is 0 Å². The van der Waals surface area contributed by atoms with Gasteiger partial charge in [-0.2, -0.15) is 0 Å². The molecular formula is C15H14ClN3O. The molecule has 1 aromatic carbocycles. The van der Waals surface area contributed by atoms with E-state index in [9.17, 15) is 4.79 Å². The lowest BCUT2D eigenvalue weighted by atomic mass is 10.0. The number of aromatic nitrogens is 1. The summed E-state index contributed by atoms with van der Waals surface area (Å²) in [6, 6.07) is 9.34. The average Bonchev–Trinajstić information content (AvgIpc) is 2.47. The number of hydrogen-bond acceptors (Lipinski definition) is 3. The SMILES string of the molecule is O=C(Nc1ccc2c(c1)CNCC2)c1cccnc1Cl. The zero-order valence-corrected chi connectivity index (χ0v) is 11.6. The van der Waals surface area contributed by atoms with Crippen molar-refractivity contribution in [3.8, 4) is 0 Å². The van der Waals surface area contributed by atoms with Crippen LogP contribution >= 0.6 is 11.6 Å². The number of carbonyl (C=O) groups excluding carboxylic acids is 1. The number of nitrogens with zero attached hydrogens (tertiary/aromatic N) is 1. The number of amides is 1. The fourth-order valence-corrected chi connectivity index (χ4v) is 2.52. The van der Waals surface area contributed by atoms with Crippen LogP contribution in [0.25, 0.3) is 0 Å². The Balaban J connectivity index is 1.81. The summed E-state index contributed by atoms with van der Waals surface area (Å²) in [6.45, 7) is 1.84. The number of halogens is 1. The van der Waals surface area contributed by atoms with Crippen LogP contribution in [0.1, 0.15) is 21.5 Å². The molecule has 5 heteroatoms. The highest BCUT2D eigenvalue weighted by molar-refractivity contribution is 6.33. The van der Waals surface area contributed by atoms with Crippen molar-refractivity contribution >= 4 is 23.2 Å². The second-order valence-electron chi connectivity index (χ2n) is 4.71. The first-order valence-corrected chi connectivity index (χ1v) is 6.86. The Labute approximate surface area is 122 Å². The van der Waals surface area contributed by atoms with Crippen molar-refractivity contribution in [3.63, 3.8) is 0 Å². The van der Waals surface area contributed by atoms with Crippen molar-refractivity contribution in [1.29, 1.82) is 0 Å². The zero-order valence-electron chi connectivity index (χ0n) is 10.8. The quantitative estimate of drug-likeness (QED) is 0.835. The van der Waals surface area contributed by atoms with Gasteiger partial charge in [-0.1, -0.05) is 17.7 Å². The number of nitrogens with one attached hydrogen (secondary N) is 2. The van der Waals surface area contributed by atoms with E-state index in [0.29, 0.717) is 5.56 Å². The molecule has 4 nitrogen and oxygen atoms in total. The van der Waals surface area contributed by atoms with E-state index in [4.69, 9.17) is 11.6 Å². The van der Waals surface area contributed by atoms with Crippen molar-refractivity contribution in [3.05, 3.63) is 58.4 Å². The molecule has 3 rings (SSSR count). The molecule has 20 heavy (non-hydrogen) atoms. The Bertz CT molecular complexity index is 657. The molecule has 1 amide bonds. The van der Waals surface area contributed by atoms with Crippen LogP contribution in [0, 0.1) is 0 Å². The molecule has 0 saturated heterocycles. The lowest BCUT2D eigenvalue weighted by Gasteiger charge is -2.18. The van der Waals surface area contributed by atoms with Gasteiger partial charge in [0.1, 0.15) is 5.15 Å². The maximum atomic E-state index is 12.2. The van der Waals surface area contributed by atoms with Gasteiger partial charge >= 0.3 is 0 Å². The molecule has 1 aliphatic rings. The normalized spacial score (nSPS) is 13.7.